The van der Waals surface area contributed by atoms with Crippen molar-refractivity contribution < 1.29 is 9.72 Å². The molecule has 1 N–H and O–H groups in total. The number of aromatic nitrogens is 2. The third kappa shape index (κ3) is 4.72. The molecule has 8 heteroatoms. The van der Waals surface area contributed by atoms with E-state index in [4.69, 9.17) is 0 Å². The number of likely N-dealkylation sites (tertiary alicyclic amines) is 1. The van der Waals surface area contributed by atoms with E-state index in [-0.39, 0.29) is 17.3 Å². The molecule has 2 heterocycles. The molecule has 0 atom stereocenters. The van der Waals surface area contributed by atoms with Crippen molar-refractivity contribution in [2.75, 3.05) is 13.1 Å². The van der Waals surface area contributed by atoms with E-state index in [0.29, 0.717) is 12.2 Å². The number of nitrogens with one attached hydrogen (secondary N) is 1. The van der Waals surface area contributed by atoms with Crippen LogP contribution in [0, 0.1) is 10.1 Å². The highest BCUT2D eigenvalue weighted by atomic mass is 16.6. The molecule has 8 nitrogen and oxygen atoms in total. The smallest absolute Gasteiger partial charge is 0.272 e. The van der Waals surface area contributed by atoms with Crippen LogP contribution < -0.4 is 5.32 Å². The minimum Gasteiger partial charge on any atom is -0.347 e. The standard InChI is InChI=1S/C22H23N5O3/c28-22(21-10-13-26(24-21)19-4-3-5-20(14-19)27(29)30)23-15-17-6-8-18(9-7-17)16-25-11-1-2-12-25/h3-10,13-14H,1-2,11-12,15-16H2,(H,23,28). The van der Waals surface area contributed by atoms with E-state index >= 15 is 0 Å². The average Bonchev–Trinajstić information content (AvgIpc) is 3.45. The van der Waals surface area contributed by atoms with E-state index in [9.17, 15) is 14.9 Å². The molecule has 30 heavy (non-hydrogen) atoms. The second-order valence-electron chi connectivity index (χ2n) is 7.40. The van der Waals surface area contributed by atoms with Gasteiger partial charge in [0.15, 0.2) is 5.69 Å². The SMILES string of the molecule is O=C(NCc1ccc(CN2CCCC2)cc1)c1ccn(-c2cccc([N+](=O)[O-])c2)n1. The summed E-state index contributed by atoms with van der Waals surface area (Å²) < 4.78 is 1.45. The summed E-state index contributed by atoms with van der Waals surface area (Å²) >= 11 is 0. The van der Waals surface area contributed by atoms with Crippen molar-refractivity contribution >= 4 is 11.6 Å². The van der Waals surface area contributed by atoms with Gasteiger partial charge < -0.3 is 5.32 Å². The lowest BCUT2D eigenvalue weighted by molar-refractivity contribution is -0.384. The van der Waals surface area contributed by atoms with Gasteiger partial charge in [0.25, 0.3) is 11.6 Å². The van der Waals surface area contributed by atoms with E-state index in [2.05, 4.69) is 27.4 Å². The summed E-state index contributed by atoms with van der Waals surface area (Å²) in [7, 11) is 0. The van der Waals surface area contributed by atoms with Gasteiger partial charge in [-0.2, -0.15) is 5.10 Å². The zero-order valence-electron chi connectivity index (χ0n) is 16.5. The third-order valence-corrected chi connectivity index (χ3v) is 5.21. The first-order valence-corrected chi connectivity index (χ1v) is 9.97. The fourth-order valence-corrected chi connectivity index (χ4v) is 3.57. The molecule has 154 valence electrons. The molecule has 0 spiro atoms. The van der Waals surface area contributed by atoms with Gasteiger partial charge in [0, 0.05) is 31.4 Å². The highest BCUT2D eigenvalue weighted by molar-refractivity contribution is 5.92. The third-order valence-electron chi connectivity index (χ3n) is 5.21. The Hall–Kier alpha value is -3.52. The minimum absolute atomic E-state index is 0.0258. The molecule has 1 saturated heterocycles. The summed E-state index contributed by atoms with van der Waals surface area (Å²) in [5.41, 5.74) is 3.06. The molecule has 0 unspecified atom stereocenters. The second-order valence-corrected chi connectivity index (χ2v) is 7.40. The largest absolute Gasteiger partial charge is 0.347 e. The first-order chi connectivity index (χ1) is 14.6. The average molecular weight is 405 g/mol. The van der Waals surface area contributed by atoms with Crippen LogP contribution in [0.15, 0.2) is 60.8 Å². The monoisotopic (exact) mass is 405 g/mol. The van der Waals surface area contributed by atoms with Crippen LogP contribution in [0.4, 0.5) is 5.69 Å². The first kappa shape index (κ1) is 19.8. The molecule has 0 saturated carbocycles. The Morgan fingerprint density at radius 1 is 1.07 bits per heavy atom. The van der Waals surface area contributed by atoms with Gasteiger partial charge in [0.1, 0.15) is 0 Å². The molecule has 1 fully saturated rings. The van der Waals surface area contributed by atoms with Crippen molar-refractivity contribution in [3.63, 3.8) is 0 Å². The van der Waals surface area contributed by atoms with Crippen molar-refractivity contribution in [3.05, 3.63) is 87.7 Å². The van der Waals surface area contributed by atoms with E-state index in [0.717, 1.165) is 12.1 Å². The van der Waals surface area contributed by atoms with Crippen LogP contribution >= 0.6 is 0 Å². The Bertz CT molecular complexity index is 1040. The number of benzene rings is 2. The van der Waals surface area contributed by atoms with Gasteiger partial charge in [-0.15, -0.1) is 0 Å². The summed E-state index contributed by atoms with van der Waals surface area (Å²) in [4.78, 5) is 25.4. The number of hydrogen-bond acceptors (Lipinski definition) is 5. The van der Waals surface area contributed by atoms with Crippen LogP contribution in [0.3, 0.4) is 0 Å². The van der Waals surface area contributed by atoms with Crippen molar-refractivity contribution in [3.8, 4) is 5.69 Å². The quantitative estimate of drug-likeness (QED) is 0.481. The Morgan fingerprint density at radius 3 is 2.53 bits per heavy atom. The molecule has 1 aliphatic heterocycles. The van der Waals surface area contributed by atoms with Crippen molar-refractivity contribution in [1.82, 2.24) is 20.0 Å². The van der Waals surface area contributed by atoms with Gasteiger partial charge in [-0.05, 0) is 49.2 Å². The number of rotatable bonds is 7. The molecule has 1 aliphatic rings. The van der Waals surface area contributed by atoms with Crippen LogP contribution in [0.25, 0.3) is 5.69 Å². The van der Waals surface area contributed by atoms with E-state index < -0.39 is 4.92 Å². The zero-order chi connectivity index (χ0) is 20.9. The first-order valence-electron chi connectivity index (χ1n) is 9.97. The Morgan fingerprint density at radius 2 is 1.80 bits per heavy atom. The van der Waals surface area contributed by atoms with Crippen LogP contribution in [-0.4, -0.2) is 38.6 Å². The predicted molar refractivity (Wildman–Crippen MR) is 112 cm³/mol. The lowest BCUT2D eigenvalue weighted by Crippen LogP contribution is -2.23. The molecule has 4 rings (SSSR count). The number of carbonyl (C=O) groups excluding carboxylic acids is 1. The lowest BCUT2D eigenvalue weighted by Gasteiger charge is -2.14. The number of hydrogen-bond donors (Lipinski definition) is 1. The minimum atomic E-state index is -0.461. The molecule has 0 radical (unpaired) electrons. The molecule has 2 aromatic carbocycles. The van der Waals surface area contributed by atoms with Crippen LogP contribution in [0.1, 0.15) is 34.5 Å². The molecule has 1 aromatic heterocycles. The van der Waals surface area contributed by atoms with E-state index in [1.165, 1.54) is 48.3 Å². The zero-order valence-corrected chi connectivity index (χ0v) is 16.5. The van der Waals surface area contributed by atoms with Crippen molar-refractivity contribution in [2.24, 2.45) is 0 Å². The van der Waals surface area contributed by atoms with Crippen molar-refractivity contribution in [1.29, 1.82) is 0 Å². The number of nitro groups is 1. The molecule has 0 aliphatic carbocycles. The number of carbonyl (C=O) groups is 1. The maximum atomic E-state index is 12.4. The highest BCUT2D eigenvalue weighted by Gasteiger charge is 2.13. The molecular weight excluding hydrogens is 382 g/mol. The summed E-state index contributed by atoms with van der Waals surface area (Å²) in [6.45, 7) is 3.72. The summed E-state index contributed by atoms with van der Waals surface area (Å²) in [5, 5.41) is 18.0. The lowest BCUT2D eigenvalue weighted by atomic mass is 10.1. The topological polar surface area (TPSA) is 93.3 Å². The highest BCUT2D eigenvalue weighted by Crippen LogP contribution is 2.17. The van der Waals surface area contributed by atoms with Crippen LogP contribution in [0.2, 0.25) is 0 Å². The van der Waals surface area contributed by atoms with Crippen LogP contribution in [-0.2, 0) is 13.1 Å². The normalized spacial score (nSPS) is 14.0. The molecule has 1 amide bonds. The Balaban J connectivity index is 1.34. The number of nitro benzene ring substituents is 1. The number of amides is 1. The number of non-ortho nitro benzene ring substituents is 1. The Kier molecular flexibility index (Phi) is 5.85. The maximum absolute atomic E-state index is 12.4. The second kappa shape index (κ2) is 8.87. The maximum Gasteiger partial charge on any atom is 0.272 e. The van der Waals surface area contributed by atoms with Gasteiger partial charge in [0.2, 0.25) is 0 Å². The molecular formula is C22H23N5O3. The summed E-state index contributed by atoms with van der Waals surface area (Å²) in [6.07, 6.45) is 4.17. The van der Waals surface area contributed by atoms with Crippen molar-refractivity contribution in [2.45, 2.75) is 25.9 Å². The van der Waals surface area contributed by atoms with Gasteiger partial charge in [0.05, 0.1) is 10.6 Å². The predicted octanol–water partition coefficient (Wildman–Crippen LogP) is 3.31. The van der Waals surface area contributed by atoms with Gasteiger partial charge >= 0.3 is 0 Å². The molecule has 3 aromatic rings. The molecule has 0 bridgehead atoms. The van der Waals surface area contributed by atoms with Gasteiger partial charge in [-0.1, -0.05) is 30.3 Å². The fraction of sp³-hybridized carbons (Fsp3) is 0.273. The fourth-order valence-electron chi connectivity index (χ4n) is 3.57. The van der Waals surface area contributed by atoms with Crippen LogP contribution in [0.5, 0.6) is 0 Å². The Labute approximate surface area is 174 Å². The van der Waals surface area contributed by atoms with E-state index in [1.54, 1.807) is 24.4 Å². The number of nitrogens with zero attached hydrogens (tertiary/aromatic N) is 4. The summed E-state index contributed by atoms with van der Waals surface area (Å²) in [6, 6.07) is 16.0. The van der Waals surface area contributed by atoms with Gasteiger partial charge in [-0.3, -0.25) is 19.8 Å². The van der Waals surface area contributed by atoms with Gasteiger partial charge in [-0.25, -0.2) is 4.68 Å². The van der Waals surface area contributed by atoms with E-state index in [1.807, 2.05) is 12.1 Å². The summed E-state index contributed by atoms with van der Waals surface area (Å²) in [5.74, 6) is -0.291.